The average molecular weight is 272 g/mol. The minimum Gasteiger partial charge on any atom is -0.312 e. The van der Waals surface area contributed by atoms with Gasteiger partial charge in [-0.2, -0.15) is 4.39 Å². The summed E-state index contributed by atoms with van der Waals surface area (Å²) < 4.78 is 26.6. The summed E-state index contributed by atoms with van der Waals surface area (Å²) in [5, 5.41) is 13.6. The number of nitrogens with one attached hydrogen (secondary N) is 1. The number of benzene rings is 1. The van der Waals surface area contributed by atoms with Gasteiger partial charge in [-0.25, -0.2) is 4.39 Å². The molecule has 0 atom stereocenters. The van der Waals surface area contributed by atoms with Crippen LogP contribution < -0.4 is 5.32 Å². The van der Waals surface area contributed by atoms with Crippen LogP contribution in [0.25, 0.3) is 0 Å². The first-order valence-corrected chi connectivity index (χ1v) is 6.32. The molecule has 1 aromatic carbocycles. The van der Waals surface area contributed by atoms with Crippen LogP contribution >= 0.6 is 0 Å². The highest BCUT2D eigenvalue weighted by Crippen LogP contribution is 2.21. The summed E-state index contributed by atoms with van der Waals surface area (Å²) in [5.41, 5.74) is -0.584. The Balaban J connectivity index is 2.73. The van der Waals surface area contributed by atoms with Crippen LogP contribution in [0, 0.1) is 27.7 Å². The molecule has 0 spiro atoms. The fourth-order valence-electron chi connectivity index (χ4n) is 1.84. The van der Waals surface area contributed by atoms with Crippen molar-refractivity contribution in [3.8, 4) is 0 Å². The third kappa shape index (κ3) is 4.24. The molecule has 0 aliphatic carbocycles. The van der Waals surface area contributed by atoms with E-state index in [2.05, 4.69) is 19.2 Å². The second-order valence-corrected chi connectivity index (χ2v) is 4.47. The maximum absolute atomic E-state index is 13.5. The second kappa shape index (κ2) is 7.13. The van der Waals surface area contributed by atoms with Gasteiger partial charge in [0.15, 0.2) is 0 Å². The van der Waals surface area contributed by atoms with E-state index in [-0.39, 0.29) is 12.1 Å². The summed E-state index contributed by atoms with van der Waals surface area (Å²) in [6.07, 6.45) is 2.02. The lowest BCUT2D eigenvalue weighted by molar-refractivity contribution is -0.387. The Kier molecular flexibility index (Phi) is 5.82. The van der Waals surface area contributed by atoms with Crippen molar-refractivity contribution in [2.24, 2.45) is 5.92 Å². The Morgan fingerprint density at radius 3 is 2.42 bits per heavy atom. The summed E-state index contributed by atoms with van der Waals surface area (Å²) in [4.78, 5) is 9.73. The highest BCUT2D eigenvalue weighted by molar-refractivity contribution is 5.37. The summed E-state index contributed by atoms with van der Waals surface area (Å²) in [5.74, 6) is -1.43. The van der Waals surface area contributed by atoms with Crippen LogP contribution in [0.3, 0.4) is 0 Å². The van der Waals surface area contributed by atoms with E-state index in [4.69, 9.17) is 0 Å². The minimum atomic E-state index is -1.15. The van der Waals surface area contributed by atoms with Crippen molar-refractivity contribution in [1.82, 2.24) is 5.32 Å². The predicted octanol–water partition coefficient (Wildman–Crippen LogP) is 3.40. The molecule has 6 heteroatoms. The fourth-order valence-corrected chi connectivity index (χ4v) is 1.84. The number of rotatable bonds is 7. The molecule has 0 radical (unpaired) electrons. The zero-order valence-electron chi connectivity index (χ0n) is 11.1. The van der Waals surface area contributed by atoms with E-state index in [1.807, 2.05) is 0 Å². The summed E-state index contributed by atoms with van der Waals surface area (Å²) in [6, 6.07) is 1.51. The Morgan fingerprint density at radius 1 is 1.26 bits per heavy atom. The molecule has 0 aromatic heterocycles. The van der Waals surface area contributed by atoms with Gasteiger partial charge < -0.3 is 5.32 Å². The summed E-state index contributed by atoms with van der Waals surface area (Å²) in [7, 11) is 0. The molecule has 0 fully saturated rings. The molecule has 0 bridgehead atoms. The first kappa shape index (κ1) is 15.5. The van der Waals surface area contributed by atoms with Gasteiger partial charge in [-0.1, -0.05) is 26.7 Å². The number of nitro groups is 1. The van der Waals surface area contributed by atoms with E-state index in [0.29, 0.717) is 18.5 Å². The molecule has 0 amide bonds. The van der Waals surface area contributed by atoms with E-state index in [9.17, 15) is 18.9 Å². The molecule has 0 aliphatic rings. The second-order valence-electron chi connectivity index (χ2n) is 4.47. The molecule has 1 rings (SSSR count). The van der Waals surface area contributed by atoms with E-state index >= 15 is 0 Å². The first-order valence-electron chi connectivity index (χ1n) is 6.32. The van der Waals surface area contributed by atoms with Crippen LogP contribution in [-0.4, -0.2) is 11.5 Å². The third-order valence-electron chi connectivity index (χ3n) is 3.22. The molecule has 0 heterocycles. The average Bonchev–Trinajstić information content (AvgIpc) is 2.36. The molecule has 4 nitrogen and oxygen atoms in total. The van der Waals surface area contributed by atoms with Crippen molar-refractivity contribution in [2.45, 2.75) is 33.2 Å². The molecule has 19 heavy (non-hydrogen) atoms. The zero-order chi connectivity index (χ0) is 14.4. The Bertz CT molecular complexity index is 449. The van der Waals surface area contributed by atoms with Crippen LogP contribution in [0.2, 0.25) is 0 Å². The van der Waals surface area contributed by atoms with E-state index < -0.39 is 22.2 Å². The molecule has 1 N–H and O–H groups in total. The van der Waals surface area contributed by atoms with Gasteiger partial charge in [0.05, 0.1) is 4.92 Å². The number of nitro benzene ring substituents is 1. The van der Waals surface area contributed by atoms with Crippen molar-refractivity contribution >= 4 is 5.69 Å². The van der Waals surface area contributed by atoms with Crippen molar-refractivity contribution < 1.29 is 13.7 Å². The molecule has 0 saturated carbocycles. The van der Waals surface area contributed by atoms with Crippen molar-refractivity contribution in [3.05, 3.63) is 39.4 Å². The largest absolute Gasteiger partial charge is 0.312 e. The van der Waals surface area contributed by atoms with Crippen molar-refractivity contribution in [2.75, 3.05) is 6.54 Å². The SMILES string of the molecule is CCC(CC)CNCc1cc([N+](=O)[O-])c(F)cc1F. The Labute approximate surface area is 111 Å². The topological polar surface area (TPSA) is 55.2 Å². The molecular formula is C13H18F2N2O2. The molecule has 0 aliphatic heterocycles. The van der Waals surface area contributed by atoms with Crippen LogP contribution in [-0.2, 0) is 6.54 Å². The van der Waals surface area contributed by atoms with Crippen LogP contribution in [0.5, 0.6) is 0 Å². The number of nitrogens with zero attached hydrogens (tertiary/aromatic N) is 1. The quantitative estimate of drug-likeness (QED) is 0.611. The summed E-state index contributed by atoms with van der Waals surface area (Å²) in [6.45, 7) is 5.00. The van der Waals surface area contributed by atoms with Crippen LogP contribution in [0.4, 0.5) is 14.5 Å². The van der Waals surface area contributed by atoms with Gasteiger partial charge in [0.25, 0.3) is 0 Å². The van der Waals surface area contributed by atoms with Gasteiger partial charge in [-0.15, -0.1) is 0 Å². The van der Waals surface area contributed by atoms with Gasteiger partial charge in [0.1, 0.15) is 5.82 Å². The molecule has 0 saturated heterocycles. The smallest absolute Gasteiger partial charge is 0.305 e. The highest BCUT2D eigenvalue weighted by Gasteiger charge is 2.18. The van der Waals surface area contributed by atoms with E-state index in [1.54, 1.807) is 0 Å². The van der Waals surface area contributed by atoms with E-state index in [1.165, 1.54) is 0 Å². The lowest BCUT2D eigenvalue weighted by Gasteiger charge is -2.13. The van der Waals surface area contributed by atoms with Gasteiger partial charge in [0.2, 0.25) is 5.82 Å². The lowest BCUT2D eigenvalue weighted by Crippen LogP contribution is -2.22. The maximum atomic E-state index is 13.5. The third-order valence-corrected chi connectivity index (χ3v) is 3.22. The summed E-state index contributed by atoms with van der Waals surface area (Å²) >= 11 is 0. The molecule has 1 aromatic rings. The van der Waals surface area contributed by atoms with Crippen LogP contribution in [0.15, 0.2) is 12.1 Å². The van der Waals surface area contributed by atoms with Gasteiger partial charge in [-0.3, -0.25) is 10.1 Å². The van der Waals surface area contributed by atoms with Crippen LogP contribution in [0.1, 0.15) is 32.3 Å². The van der Waals surface area contributed by atoms with Gasteiger partial charge in [0, 0.05) is 24.2 Å². The lowest BCUT2D eigenvalue weighted by atomic mass is 10.0. The number of hydrogen-bond donors (Lipinski definition) is 1. The van der Waals surface area contributed by atoms with E-state index in [0.717, 1.165) is 18.9 Å². The maximum Gasteiger partial charge on any atom is 0.305 e. The first-order chi connectivity index (χ1) is 8.99. The van der Waals surface area contributed by atoms with Gasteiger partial charge >= 0.3 is 5.69 Å². The Hall–Kier alpha value is -1.56. The van der Waals surface area contributed by atoms with Crippen molar-refractivity contribution in [1.29, 1.82) is 0 Å². The number of halogens is 2. The van der Waals surface area contributed by atoms with Gasteiger partial charge in [-0.05, 0) is 12.5 Å². The highest BCUT2D eigenvalue weighted by atomic mass is 19.1. The van der Waals surface area contributed by atoms with Crippen molar-refractivity contribution in [3.63, 3.8) is 0 Å². The monoisotopic (exact) mass is 272 g/mol. The minimum absolute atomic E-state index is 0.110. The standard InChI is InChI=1S/C13H18F2N2O2/c1-3-9(4-2)7-16-8-10-5-13(17(18)19)12(15)6-11(10)14/h5-6,9,16H,3-4,7-8H2,1-2H3. The molecule has 106 valence electrons. The fraction of sp³-hybridized carbons (Fsp3) is 0.538. The number of hydrogen-bond acceptors (Lipinski definition) is 3. The zero-order valence-corrected chi connectivity index (χ0v) is 11.1. The Morgan fingerprint density at radius 2 is 1.89 bits per heavy atom. The predicted molar refractivity (Wildman–Crippen MR) is 68.8 cm³/mol. The normalized spacial score (nSPS) is 11.0. The molecular weight excluding hydrogens is 254 g/mol. The molecule has 0 unspecified atom stereocenters.